The van der Waals surface area contributed by atoms with Gasteiger partial charge in [-0.2, -0.15) is 0 Å². The minimum atomic E-state index is -1.01. The van der Waals surface area contributed by atoms with Crippen molar-refractivity contribution in [2.24, 2.45) is 0 Å². The average Bonchev–Trinajstić information content (AvgIpc) is 3.29. The lowest BCUT2D eigenvalue weighted by molar-refractivity contribution is -0.141. The third kappa shape index (κ3) is 3.35. The van der Waals surface area contributed by atoms with Crippen LogP contribution in [0.4, 0.5) is 4.79 Å². The number of likely N-dealkylation sites (tertiary alicyclic amines) is 1. The van der Waals surface area contributed by atoms with Crippen molar-refractivity contribution >= 4 is 12.1 Å². The summed E-state index contributed by atoms with van der Waals surface area (Å²) < 4.78 is 11.6. The number of hydrogen-bond acceptors (Lipinski definition) is 4. The Morgan fingerprint density at radius 1 is 0.967 bits per heavy atom. The van der Waals surface area contributed by atoms with E-state index in [0.717, 1.165) is 41.5 Å². The van der Waals surface area contributed by atoms with E-state index in [0.29, 0.717) is 6.42 Å². The zero-order chi connectivity index (χ0) is 20.7. The van der Waals surface area contributed by atoms with Gasteiger partial charge in [-0.3, -0.25) is 4.90 Å². The average molecular weight is 407 g/mol. The van der Waals surface area contributed by atoms with Crippen LogP contribution < -0.4 is 0 Å². The molecule has 156 valence electrons. The Balaban J connectivity index is 1.29. The molecule has 1 N–H and O–H groups in total. The molecular formula is C24H25NO5. The van der Waals surface area contributed by atoms with E-state index >= 15 is 0 Å². The standard InChI is InChI=1S/C24H25NO5/c26-23(27)22-12-16(30-15-6-5-7-15)13-25(22)24(28)29-14-21-19-10-3-1-8-17(19)18-9-2-4-11-20(18)21/h1-4,8-11,15-16,21-22H,5-7,12-14H2,(H,26,27). The van der Waals surface area contributed by atoms with Gasteiger partial charge in [-0.15, -0.1) is 0 Å². The fourth-order valence-corrected chi connectivity index (χ4v) is 4.79. The molecule has 30 heavy (non-hydrogen) atoms. The first kappa shape index (κ1) is 19.1. The van der Waals surface area contributed by atoms with Crippen molar-refractivity contribution in [2.75, 3.05) is 13.2 Å². The van der Waals surface area contributed by atoms with Crippen molar-refractivity contribution in [3.63, 3.8) is 0 Å². The normalized spacial score (nSPS) is 23.0. The monoisotopic (exact) mass is 407 g/mol. The molecule has 1 saturated carbocycles. The number of benzene rings is 2. The van der Waals surface area contributed by atoms with E-state index < -0.39 is 18.1 Å². The van der Waals surface area contributed by atoms with Crippen LogP contribution in [0.1, 0.15) is 42.7 Å². The summed E-state index contributed by atoms with van der Waals surface area (Å²) in [7, 11) is 0. The molecule has 2 fully saturated rings. The van der Waals surface area contributed by atoms with Crippen LogP contribution in [0.2, 0.25) is 0 Å². The van der Waals surface area contributed by atoms with Crippen LogP contribution in [0.5, 0.6) is 0 Å². The van der Waals surface area contributed by atoms with Crippen LogP contribution in [-0.2, 0) is 14.3 Å². The molecule has 0 bridgehead atoms. The van der Waals surface area contributed by atoms with Crippen molar-refractivity contribution in [3.8, 4) is 11.1 Å². The molecule has 1 amide bonds. The molecule has 3 aliphatic rings. The van der Waals surface area contributed by atoms with Gasteiger partial charge in [-0.25, -0.2) is 9.59 Å². The Hall–Kier alpha value is -2.86. The Labute approximate surface area is 175 Å². The van der Waals surface area contributed by atoms with Gasteiger partial charge in [0.1, 0.15) is 12.6 Å². The molecule has 1 saturated heterocycles. The summed E-state index contributed by atoms with van der Waals surface area (Å²) in [6.45, 7) is 0.452. The van der Waals surface area contributed by atoms with Crippen molar-refractivity contribution in [2.45, 2.75) is 49.9 Å². The van der Waals surface area contributed by atoms with Crippen LogP contribution in [0.3, 0.4) is 0 Å². The molecule has 2 aliphatic carbocycles. The molecule has 2 aromatic carbocycles. The van der Waals surface area contributed by atoms with Gasteiger partial charge in [0.2, 0.25) is 0 Å². The van der Waals surface area contributed by atoms with E-state index in [1.54, 1.807) is 0 Å². The van der Waals surface area contributed by atoms with E-state index in [1.165, 1.54) is 4.90 Å². The number of carbonyl (C=O) groups is 2. The quantitative estimate of drug-likeness (QED) is 0.810. The van der Waals surface area contributed by atoms with Crippen LogP contribution in [0.25, 0.3) is 11.1 Å². The Morgan fingerprint density at radius 2 is 1.60 bits per heavy atom. The Bertz CT molecular complexity index is 924. The Kier molecular flexibility index (Phi) is 4.95. The lowest BCUT2D eigenvalue weighted by Crippen LogP contribution is -2.41. The number of carboxylic acid groups (broad SMARTS) is 1. The smallest absolute Gasteiger partial charge is 0.410 e. The number of carbonyl (C=O) groups excluding carboxylic acids is 1. The maximum atomic E-state index is 12.8. The fraction of sp³-hybridized carbons (Fsp3) is 0.417. The number of carboxylic acids is 1. The highest BCUT2D eigenvalue weighted by Crippen LogP contribution is 2.44. The highest BCUT2D eigenvalue weighted by Gasteiger charge is 2.42. The van der Waals surface area contributed by atoms with E-state index in [9.17, 15) is 14.7 Å². The zero-order valence-electron chi connectivity index (χ0n) is 16.7. The SMILES string of the molecule is O=C(O)C1CC(OC2CCC2)CN1C(=O)OCC1c2ccccc2-c2ccccc21. The predicted molar refractivity (Wildman–Crippen MR) is 110 cm³/mol. The van der Waals surface area contributed by atoms with E-state index in [4.69, 9.17) is 9.47 Å². The van der Waals surface area contributed by atoms with Gasteiger partial charge in [0, 0.05) is 12.3 Å². The molecule has 5 rings (SSSR count). The topological polar surface area (TPSA) is 76.1 Å². The first-order valence-electron chi connectivity index (χ1n) is 10.6. The third-order valence-corrected chi connectivity index (χ3v) is 6.56. The Morgan fingerprint density at radius 3 is 2.17 bits per heavy atom. The van der Waals surface area contributed by atoms with Crippen LogP contribution in [0.15, 0.2) is 48.5 Å². The summed E-state index contributed by atoms with van der Waals surface area (Å²) in [6, 6.07) is 15.4. The van der Waals surface area contributed by atoms with Crippen LogP contribution in [0, 0.1) is 0 Å². The summed E-state index contributed by atoms with van der Waals surface area (Å²) in [5.41, 5.74) is 4.59. The maximum absolute atomic E-state index is 12.8. The number of rotatable bonds is 5. The number of nitrogens with zero attached hydrogens (tertiary/aromatic N) is 1. The lowest BCUT2D eigenvalue weighted by atomic mass is 9.96. The highest BCUT2D eigenvalue weighted by atomic mass is 16.6. The highest BCUT2D eigenvalue weighted by molar-refractivity contribution is 5.81. The molecule has 0 aromatic heterocycles. The van der Waals surface area contributed by atoms with E-state index in [1.807, 2.05) is 24.3 Å². The van der Waals surface area contributed by atoms with E-state index in [-0.39, 0.29) is 31.3 Å². The number of amides is 1. The van der Waals surface area contributed by atoms with Crippen molar-refractivity contribution in [1.29, 1.82) is 0 Å². The van der Waals surface area contributed by atoms with Crippen LogP contribution in [-0.4, -0.2) is 53.5 Å². The maximum Gasteiger partial charge on any atom is 0.410 e. The number of aliphatic carboxylic acids is 1. The number of ether oxygens (including phenoxy) is 2. The zero-order valence-corrected chi connectivity index (χ0v) is 16.7. The molecule has 2 unspecified atom stereocenters. The second-order valence-corrected chi connectivity index (χ2v) is 8.36. The fourth-order valence-electron chi connectivity index (χ4n) is 4.79. The van der Waals surface area contributed by atoms with Gasteiger partial charge in [0.25, 0.3) is 0 Å². The van der Waals surface area contributed by atoms with Gasteiger partial charge >= 0.3 is 12.1 Å². The predicted octanol–water partition coefficient (Wildman–Crippen LogP) is 4.03. The van der Waals surface area contributed by atoms with E-state index in [2.05, 4.69) is 24.3 Å². The van der Waals surface area contributed by atoms with Gasteiger partial charge in [0.05, 0.1) is 18.8 Å². The minimum absolute atomic E-state index is 0.0470. The second-order valence-electron chi connectivity index (χ2n) is 8.36. The van der Waals surface area contributed by atoms with Crippen LogP contribution >= 0.6 is 0 Å². The molecule has 1 heterocycles. The number of hydrogen-bond donors (Lipinski definition) is 1. The van der Waals surface area contributed by atoms with Gasteiger partial charge < -0.3 is 14.6 Å². The first-order chi connectivity index (χ1) is 14.6. The lowest BCUT2D eigenvalue weighted by Gasteiger charge is -2.28. The van der Waals surface area contributed by atoms with Crippen molar-refractivity contribution in [1.82, 2.24) is 4.90 Å². The minimum Gasteiger partial charge on any atom is -0.480 e. The third-order valence-electron chi connectivity index (χ3n) is 6.56. The summed E-state index contributed by atoms with van der Waals surface area (Å²) >= 11 is 0. The van der Waals surface area contributed by atoms with Gasteiger partial charge in [0.15, 0.2) is 0 Å². The first-order valence-corrected chi connectivity index (χ1v) is 10.6. The molecular weight excluding hydrogens is 382 g/mol. The van der Waals surface area contributed by atoms with Crippen molar-refractivity contribution < 1.29 is 24.2 Å². The van der Waals surface area contributed by atoms with Gasteiger partial charge in [-0.1, -0.05) is 48.5 Å². The molecule has 2 aromatic rings. The summed E-state index contributed by atoms with van der Waals surface area (Å²) in [6.07, 6.45) is 2.87. The summed E-state index contributed by atoms with van der Waals surface area (Å²) in [4.78, 5) is 25.9. The van der Waals surface area contributed by atoms with Crippen molar-refractivity contribution in [3.05, 3.63) is 59.7 Å². The molecule has 0 radical (unpaired) electrons. The molecule has 1 aliphatic heterocycles. The molecule has 6 nitrogen and oxygen atoms in total. The largest absolute Gasteiger partial charge is 0.480 e. The molecule has 6 heteroatoms. The second kappa shape index (κ2) is 7.76. The summed E-state index contributed by atoms with van der Waals surface area (Å²) in [5, 5.41) is 9.59. The molecule has 0 spiro atoms. The van der Waals surface area contributed by atoms with Gasteiger partial charge in [-0.05, 0) is 41.5 Å². The molecule has 2 atom stereocenters. The summed E-state index contributed by atoms with van der Waals surface area (Å²) in [5.74, 6) is -1.06. The number of fused-ring (bicyclic) bond motifs is 3.